The summed E-state index contributed by atoms with van der Waals surface area (Å²) in [6.07, 6.45) is 4.88. The first-order valence-corrected chi connectivity index (χ1v) is 7.30. The fourth-order valence-electron chi connectivity index (χ4n) is 2.07. The van der Waals surface area contributed by atoms with Crippen molar-refractivity contribution in [2.75, 3.05) is 5.75 Å². The Morgan fingerprint density at radius 3 is 2.88 bits per heavy atom. The highest BCUT2D eigenvalue weighted by atomic mass is 32.2. The number of rotatable bonds is 4. The van der Waals surface area contributed by atoms with Crippen molar-refractivity contribution in [1.82, 2.24) is 0 Å². The lowest BCUT2D eigenvalue weighted by molar-refractivity contribution is 0.0988. The molecule has 0 aromatic heterocycles. The average Bonchev–Trinajstić information content (AvgIpc) is 2.99. The van der Waals surface area contributed by atoms with Crippen molar-refractivity contribution in [3.05, 3.63) is 29.8 Å². The Morgan fingerprint density at radius 1 is 1.29 bits per heavy atom. The van der Waals surface area contributed by atoms with Gasteiger partial charge in [-0.05, 0) is 43.6 Å². The summed E-state index contributed by atoms with van der Waals surface area (Å²) in [6.45, 7) is 0. The molecule has 0 spiro atoms. The van der Waals surface area contributed by atoms with Crippen molar-refractivity contribution >= 4 is 17.5 Å². The lowest BCUT2D eigenvalue weighted by Crippen LogP contribution is -2.14. The highest BCUT2D eigenvalue weighted by Gasteiger charge is 2.26. The molecule has 2 nitrogen and oxygen atoms in total. The molecule has 3 heteroatoms. The van der Waals surface area contributed by atoms with Crippen LogP contribution in [0, 0.1) is 0 Å². The fourth-order valence-corrected chi connectivity index (χ4v) is 3.31. The van der Waals surface area contributed by atoms with Gasteiger partial charge in [-0.3, -0.25) is 4.79 Å². The number of hydrogen-bond donors (Lipinski definition) is 0. The molecule has 1 unspecified atom stereocenters. The SMILES string of the molecule is O=C(c1cccc(OC2CC2)c1)C1CCCS1. The van der Waals surface area contributed by atoms with E-state index in [1.807, 2.05) is 24.3 Å². The van der Waals surface area contributed by atoms with Crippen LogP contribution in [0.25, 0.3) is 0 Å². The zero-order valence-corrected chi connectivity index (χ0v) is 10.5. The number of ketones is 1. The van der Waals surface area contributed by atoms with E-state index >= 15 is 0 Å². The van der Waals surface area contributed by atoms with Crippen molar-refractivity contribution in [2.24, 2.45) is 0 Å². The van der Waals surface area contributed by atoms with Crippen LogP contribution in [0.1, 0.15) is 36.0 Å². The van der Waals surface area contributed by atoms with Crippen LogP contribution >= 0.6 is 11.8 Å². The molecule has 1 saturated heterocycles. The molecule has 1 aromatic rings. The van der Waals surface area contributed by atoms with Crippen molar-refractivity contribution in [3.63, 3.8) is 0 Å². The Kier molecular flexibility index (Phi) is 3.10. The summed E-state index contributed by atoms with van der Waals surface area (Å²) in [5.41, 5.74) is 0.808. The second-order valence-corrected chi connectivity index (χ2v) is 6.02. The van der Waals surface area contributed by atoms with Crippen molar-refractivity contribution in [1.29, 1.82) is 0 Å². The van der Waals surface area contributed by atoms with Crippen LogP contribution < -0.4 is 4.74 Å². The van der Waals surface area contributed by atoms with Gasteiger partial charge in [0.05, 0.1) is 11.4 Å². The highest BCUT2D eigenvalue weighted by Crippen LogP contribution is 2.31. The number of thioether (sulfide) groups is 1. The maximum Gasteiger partial charge on any atom is 0.175 e. The number of carbonyl (C=O) groups excluding carboxylic acids is 1. The molecule has 1 aliphatic heterocycles. The number of benzene rings is 1. The van der Waals surface area contributed by atoms with Crippen LogP contribution in [0.2, 0.25) is 0 Å². The van der Waals surface area contributed by atoms with E-state index in [4.69, 9.17) is 4.74 Å². The molecular weight excluding hydrogens is 232 g/mol. The number of hydrogen-bond acceptors (Lipinski definition) is 3. The maximum absolute atomic E-state index is 12.2. The Hall–Kier alpha value is -0.960. The van der Waals surface area contributed by atoms with Crippen molar-refractivity contribution in [2.45, 2.75) is 37.0 Å². The third-order valence-electron chi connectivity index (χ3n) is 3.17. The zero-order valence-electron chi connectivity index (χ0n) is 9.72. The van der Waals surface area contributed by atoms with E-state index in [0.29, 0.717) is 6.10 Å². The van der Waals surface area contributed by atoms with Gasteiger partial charge in [0.15, 0.2) is 5.78 Å². The van der Waals surface area contributed by atoms with Gasteiger partial charge in [0, 0.05) is 5.56 Å². The Morgan fingerprint density at radius 2 is 2.18 bits per heavy atom. The van der Waals surface area contributed by atoms with E-state index in [1.54, 1.807) is 11.8 Å². The first kappa shape index (κ1) is 11.1. The predicted octanol–water partition coefficient (Wildman–Crippen LogP) is 3.31. The number of ether oxygens (including phenoxy) is 1. The van der Waals surface area contributed by atoms with Gasteiger partial charge in [0.25, 0.3) is 0 Å². The Bertz CT molecular complexity index is 420. The Labute approximate surface area is 106 Å². The summed E-state index contributed by atoms with van der Waals surface area (Å²) < 4.78 is 5.72. The minimum absolute atomic E-state index is 0.172. The lowest BCUT2D eigenvalue weighted by Gasteiger charge is -2.09. The van der Waals surface area contributed by atoms with Gasteiger partial charge in [-0.2, -0.15) is 11.8 Å². The zero-order chi connectivity index (χ0) is 11.7. The second kappa shape index (κ2) is 4.73. The molecular formula is C14H16O2S. The average molecular weight is 248 g/mol. The molecule has 2 fully saturated rings. The van der Waals surface area contributed by atoms with E-state index in [1.165, 1.54) is 6.42 Å². The molecule has 90 valence electrons. The molecule has 1 aliphatic carbocycles. The standard InChI is InChI=1S/C14H16O2S/c15-14(13-5-2-8-17-13)10-3-1-4-12(9-10)16-11-6-7-11/h1,3-4,9,11,13H,2,5-8H2. The van der Waals surface area contributed by atoms with Gasteiger partial charge in [-0.1, -0.05) is 12.1 Å². The Balaban J connectivity index is 1.74. The summed E-state index contributed by atoms with van der Waals surface area (Å²) >= 11 is 1.79. The van der Waals surface area contributed by atoms with Gasteiger partial charge in [0.1, 0.15) is 5.75 Å². The van der Waals surface area contributed by atoms with Crippen LogP contribution in [0.5, 0.6) is 5.75 Å². The second-order valence-electron chi connectivity index (χ2n) is 4.71. The monoisotopic (exact) mass is 248 g/mol. The van der Waals surface area contributed by atoms with E-state index in [9.17, 15) is 4.79 Å². The van der Waals surface area contributed by atoms with E-state index in [-0.39, 0.29) is 11.0 Å². The summed E-state index contributed by atoms with van der Waals surface area (Å²) in [4.78, 5) is 12.2. The van der Waals surface area contributed by atoms with E-state index < -0.39 is 0 Å². The first-order valence-electron chi connectivity index (χ1n) is 6.25. The first-order chi connectivity index (χ1) is 8.33. The molecule has 1 atom stereocenters. The number of carbonyl (C=O) groups is 1. The molecule has 1 aromatic carbocycles. The van der Waals surface area contributed by atoms with Crippen LogP contribution in [-0.4, -0.2) is 22.9 Å². The molecule has 1 heterocycles. The molecule has 0 radical (unpaired) electrons. The fraction of sp³-hybridized carbons (Fsp3) is 0.500. The largest absolute Gasteiger partial charge is 0.490 e. The smallest absolute Gasteiger partial charge is 0.175 e. The third-order valence-corrected chi connectivity index (χ3v) is 4.54. The van der Waals surface area contributed by atoms with Gasteiger partial charge in [-0.15, -0.1) is 0 Å². The predicted molar refractivity (Wildman–Crippen MR) is 69.9 cm³/mol. The van der Waals surface area contributed by atoms with Crippen LogP contribution in [-0.2, 0) is 0 Å². The lowest BCUT2D eigenvalue weighted by atomic mass is 10.1. The van der Waals surface area contributed by atoms with Crippen molar-refractivity contribution in [3.8, 4) is 5.75 Å². The molecule has 0 bridgehead atoms. The molecule has 3 rings (SSSR count). The third kappa shape index (κ3) is 2.65. The topological polar surface area (TPSA) is 26.3 Å². The van der Waals surface area contributed by atoms with E-state index in [2.05, 4.69) is 0 Å². The quantitative estimate of drug-likeness (QED) is 0.765. The van der Waals surface area contributed by atoms with Gasteiger partial charge in [-0.25, -0.2) is 0 Å². The van der Waals surface area contributed by atoms with Crippen LogP contribution in [0.15, 0.2) is 24.3 Å². The summed E-state index contributed by atoms with van der Waals surface area (Å²) in [5.74, 6) is 2.24. The molecule has 0 N–H and O–H groups in total. The van der Waals surface area contributed by atoms with Crippen LogP contribution in [0.3, 0.4) is 0 Å². The van der Waals surface area contributed by atoms with Crippen molar-refractivity contribution < 1.29 is 9.53 Å². The molecule has 0 amide bonds. The van der Waals surface area contributed by atoms with Crippen LogP contribution in [0.4, 0.5) is 0 Å². The summed E-state index contributed by atoms with van der Waals surface area (Å²) in [7, 11) is 0. The molecule has 17 heavy (non-hydrogen) atoms. The normalized spacial score (nSPS) is 23.6. The highest BCUT2D eigenvalue weighted by molar-refractivity contribution is 8.00. The minimum Gasteiger partial charge on any atom is -0.490 e. The number of Topliss-reactive ketones (excluding diaryl/α,β-unsaturated/α-hetero) is 1. The minimum atomic E-state index is 0.172. The van der Waals surface area contributed by atoms with Gasteiger partial charge in [0.2, 0.25) is 0 Å². The summed E-state index contributed by atoms with van der Waals surface area (Å²) in [5, 5.41) is 0.172. The summed E-state index contributed by atoms with van der Waals surface area (Å²) in [6, 6.07) is 7.67. The van der Waals surface area contributed by atoms with Gasteiger partial charge < -0.3 is 4.74 Å². The molecule has 1 saturated carbocycles. The molecule has 2 aliphatic rings. The van der Waals surface area contributed by atoms with Gasteiger partial charge >= 0.3 is 0 Å². The maximum atomic E-state index is 12.2. The van der Waals surface area contributed by atoms with E-state index in [0.717, 1.165) is 36.3 Å².